The molecule has 1 fully saturated rings. The lowest BCUT2D eigenvalue weighted by molar-refractivity contribution is -0.0736. The zero-order chi connectivity index (χ0) is 19.8. The lowest BCUT2D eigenvalue weighted by Crippen LogP contribution is -2.46. The van der Waals surface area contributed by atoms with Crippen LogP contribution >= 0.6 is 11.3 Å². The van der Waals surface area contributed by atoms with Crippen LogP contribution in [0.4, 0.5) is 10.2 Å². The van der Waals surface area contributed by atoms with E-state index >= 15 is 0 Å². The van der Waals surface area contributed by atoms with E-state index in [4.69, 9.17) is 4.74 Å². The maximum Gasteiger partial charge on any atom is 0.169 e. The molecule has 29 heavy (non-hydrogen) atoms. The van der Waals surface area contributed by atoms with Gasteiger partial charge in [-0.1, -0.05) is 6.92 Å². The summed E-state index contributed by atoms with van der Waals surface area (Å²) in [6.07, 6.45) is 8.97. The summed E-state index contributed by atoms with van der Waals surface area (Å²) >= 11 is 1.75. The van der Waals surface area contributed by atoms with Crippen LogP contribution in [0.1, 0.15) is 35.8 Å². The molecule has 5 heterocycles. The van der Waals surface area contributed by atoms with E-state index in [-0.39, 0.29) is 11.4 Å². The Morgan fingerprint density at radius 1 is 1.21 bits per heavy atom. The summed E-state index contributed by atoms with van der Waals surface area (Å²) in [7, 11) is 0. The number of halogens is 1. The SMILES string of the molecule is CCc1cnc(-c2cc3c(s2)C2(CCN(c4ncccc4F)CC2)OCC3)nc1. The maximum atomic E-state index is 14.1. The predicted octanol–water partition coefficient (Wildman–Crippen LogP) is 4.37. The number of nitrogens with zero attached hydrogens (tertiary/aromatic N) is 4. The van der Waals surface area contributed by atoms with Gasteiger partial charge in [-0.05, 0) is 55.0 Å². The molecule has 3 aromatic heterocycles. The average Bonchev–Trinajstić information content (AvgIpc) is 3.21. The molecule has 0 N–H and O–H groups in total. The third kappa shape index (κ3) is 3.32. The molecule has 0 aromatic carbocycles. The second-order valence-electron chi connectivity index (χ2n) is 7.62. The number of anilines is 1. The third-order valence-electron chi connectivity index (χ3n) is 5.92. The van der Waals surface area contributed by atoms with Crippen LogP contribution in [0.2, 0.25) is 0 Å². The van der Waals surface area contributed by atoms with Gasteiger partial charge >= 0.3 is 0 Å². The second-order valence-corrected chi connectivity index (χ2v) is 8.67. The minimum Gasteiger partial charge on any atom is -0.369 e. The summed E-state index contributed by atoms with van der Waals surface area (Å²) in [4.78, 5) is 17.8. The largest absolute Gasteiger partial charge is 0.369 e. The topological polar surface area (TPSA) is 51.1 Å². The van der Waals surface area contributed by atoms with Gasteiger partial charge in [-0.15, -0.1) is 11.3 Å². The van der Waals surface area contributed by atoms with E-state index in [1.54, 1.807) is 23.6 Å². The van der Waals surface area contributed by atoms with E-state index in [1.165, 1.54) is 16.5 Å². The Balaban J connectivity index is 1.41. The van der Waals surface area contributed by atoms with E-state index in [2.05, 4.69) is 27.9 Å². The Bertz CT molecular complexity index is 1010. The Morgan fingerprint density at radius 2 is 2.00 bits per heavy atom. The van der Waals surface area contributed by atoms with Gasteiger partial charge in [0.25, 0.3) is 0 Å². The van der Waals surface area contributed by atoms with Crippen molar-refractivity contribution in [2.75, 3.05) is 24.6 Å². The highest BCUT2D eigenvalue weighted by Crippen LogP contribution is 2.47. The van der Waals surface area contributed by atoms with Crippen LogP contribution in [0.5, 0.6) is 0 Å². The van der Waals surface area contributed by atoms with Gasteiger partial charge < -0.3 is 9.64 Å². The molecule has 1 spiro atoms. The van der Waals surface area contributed by atoms with E-state index < -0.39 is 0 Å². The van der Waals surface area contributed by atoms with Crippen LogP contribution in [-0.2, 0) is 23.2 Å². The minimum absolute atomic E-state index is 0.264. The monoisotopic (exact) mass is 410 g/mol. The van der Waals surface area contributed by atoms with Gasteiger partial charge in [-0.25, -0.2) is 19.3 Å². The molecule has 2 aliphatic heterocycles. The van der Waals surface area contributed by atoms with Crippen molar-refractivity contribution in [2.45, 2.75) is 38.2 Å². The van der Waals surface area contributed by atoms with Crippen molar-refractivity contribution in [3.63, 3.8) is 0 Å². The van der Waals surface area contributed by atoms with Crippen molar-refractivity contribution in [2.24, 2.45) is 0 Å². The van der Waals surface area contributed by atoms with E-state index in [1.807, 2.05) is 17.3 Å². The van der Waals surface area contributed by atoms with E-state index in [9.17, 15) is 4.39 Å². The van der Waals surface area contributed by atoms with Crippen LogP contribution in [0, 0.1) is 5.82 Å². The van der Waals surface area contributed by atoms with Gasteiger partial charge in [0.15, 0.2) is 17.5 Å². The molecule has 0 aliphatic carbocycles. The molecular weight excluding hydrogens is 387 g/mol. The summed E-state index contributed by atoms with van der Waals surface area (Å²) in [5, 5.41) is 0. The lowest BCUT2D eigenvalue weighted by Gasteiger charge is -2.44. The Kier molecular flexibility index (Phi) is 4.80. The quantitative estimate of drug-likeness (QED) is 0.642. The highest BCUT2D eigenvalue weighted by Gasteiger charge is 2.43. The molecule has 7 heteroatoms. The van der Waals surface area contributed by atoms with Crippen molar-refractivity contribution >= 4 is 17.2 Å². The molecule has 150 valence electrons. The van der Waals surface area contributed by atoms with Crippen molar-refractivity contribution in [3.05, 3.63) is 58.6 Å². The fraction of sp³-hybridized carbons (Fsp3) is 0.409. The Hall–Kier alpha value is -2.38. The number of pyridine rings is 1. The minimum atomic E-state index is -0.290. The van der Waals surface area contributed by atoms with Gasteiger partial charge in [0, 0.05) is 36.6 Å². The number of hydrogen-bond donors (Lipinski definition) is 0. The van der Waals surface area contributed by atoms with Gasteiger partial charge in [0.2, 0.25) is 0 Å². The molecule has 1 saturated heterocycles. The number of rotatable bonds is 3. The number of fused-ring (bicyclic) bond motifs is 2. The second kappa shape index (κ2) is 7.46. The molecule has 0 bridgehead atoms. The highest BCUT2D eigenvalue weighted by molar-refractivity contribution is 7.15. The zero-order valence-electron chi connectivity index (χ0n) is 16.4. The van der Waals surface area contributed by atoms with Gasteiger partial charge in [-0.3, -0.25) is 0 Å². The molecule has 0 unspecified atom stereocenters. The standard InChI is InChI=1S/C22H23FN4OS/c1-2-15-13-25-20(26-14-15)18-12-16-5-11-28-22(19(16)29-18)6-9-27(10-7-22)21-17(23)4-3-8-24-21/h3-4,8,12-14H,2,5-7,9-11H2,1H3. The first kappa shape index (κ1) is 18.6. The third-order valence-corrected chi connectivity index (χ3v) is 7.27. The zero-order valence-corrected chi connectivity index (χ0v) is 17.2. The van der Waals surface area contributed by atoms with E-state index in [0.717, 1.165) is 61.6 Å². The summed E-state index contributed by atoms with van der Waals surface area (Å²) in [5.74, 6) is 0.958. The van der Waals surface area contributed by atoms with Crippen molar-refractivity contribution in [1.29, 1.82) is 0 Å². The Morgan fingerprint density at radius 3 is 2.72 bits per heavy atom. The van der Waals surface area contributed by atoms with Gasteiger partial charge in [0.05, 0.1) is 11.5 Å². The number of aryl methyl sites for hydroxylation is 1. The van der Waals surface area contributed by atoms with Crippen LogP contribution in [0.15, 0.2) is 36.8 Å². The molecule has 0 radical (unpaired) electrons. The lowest BCUT2D eigenvalue weighted by atomic mass is 9.85. The number of thiophene rings is 1. The first-order chi connectivity index (χ1) is 14.2. The molecule has 0 saturated carbocycles. The summed E-state index contributed by atoms with van der Waals surface area (Å²) in [5.41, 5.74) is 2.20. The summed E-state index contributed by atoms with van der Waals surface area (Å²) in [6, 6.07) is 5.33. The van der Waals surface area contributed by atoms with Crippen molar-refractivity contribution in [1.82, 2.24) is 15.0 Å². The maximum absolute atomic E-state index is 14.1. The number of hydrogen-bond acceptors (Lipinski definition) is 6. The Labute approximate surface area is 173 Å². The summed E-state index contributed by atoms with van der Waals surface area (Å²) < 4.78 is 20.5. The van der Waals surface area contributed by atoms with Crippen molar-refractivity contribution < 1.29 is 9.13 Å². The van der Waals surface area contributed by atoms with Gasteiger partial charge in [0.1, 0.15) is 5.60 Å². The molecular formula is C22H23FN4OS. The van der Waals surface area contributed by atoms with Crippen molar-refractivity contribution in [3.8, 4) is 10.7 Å². The van der Waals surface area contributed by atoms with Crippen LogP contribution in [0.25, 0.3) is 10.7 Å². The van der Waals surface area contributed by atoms with Crippen LogP contribution < -0.4 is 4.90 Å². The van der Waals surface area contributed by atoms with E-state index in [0.29, 0.717) is 5.82 Å². The van der Waals surface area contributed by atoms with Crippen LogP contribution in [-0.4, -0.2) is 34.6 Å². The molecule has 0 amide bonds. The van der Waals surface area contributed by atoms with Gasteiger partial charge in [-0.2, -0.15) is 0 Å². The average molecular weight is 411 g/mol. The molecule has 2 aliphatic rings. The smallest absolute Gasteiger partial charge is 0.169 e. The number of ether oxygens (including phenoxy) is 1. The predicted molar refractivity (Wildman–Crippen MR) is 112 cm³/mol. The fourth-order valence-electron chi connectivity index (χ4n) is 4.26. The molecule has 5 rings (SSSR count). The van der Waals surface area contributed by atoms with Crippen LogP contribution in [0.3, 0.4) is 0 Å². The first-order valence-corrected chi connectivity index (χ1v) is 10.9. The number of piperidine rings is 1. The fourth-order valence-corrected chi connectivity index (χ4v) is 5.62. The molecule has 3 aromatic rings. The highest BCUT2D eigenvalue weighted by atomic mass is 32.1. The molecule has 5 nitrogen and oxygen atoms in total. The normalized spacial score (nSPS) is 18.1. The number of aromatic nitrogens is 3. The summed E-state index contributed by atoms with van der Waals surface area (Å²) in [6.45, 7) is 4.27. The molecule has 0 atom stereocenters. The first-order valence-electron chi connectivity index (χ1n) is 10.1.